The zero-order valence-corrected chi connectivity index (χ0v) is 15.2. The maximum Gasteiger partial charge on any atom is 0.248 e. The van der Waals surface area contributed by atoms with Crippen molar-refractivity contribution in [3.63, 3.8) is 0 Å². The molecule has 1 fully saturated rings. The third-order valence-electron chi connectivity index (χ3n) is 4.67. The van der Waals surface area contributed by atoms with Crippen molar-refractivity contribution in [2.75, 3.05) is 18.4 Å². The highest BCUT2D eigenvalue weighted by molar-refractivity contribution is 6.30. The summed E-state index contributed by atoms with van der Waals surface area (Å²) in [6.07, 6.45) is 1.61. The lowest BCUT2D eigenvalue weighted by Crippen LogP contribution is -2.37. The van der Waals surface area contributed by atoms with Crippen LogP contribution in [-0.2, 0) is 11.3 Å². The summed E-state index contributed by atoms with van der Waals surface area (Å²) in [7, 11) is 0. The summed E-state index contributed by atoms with van der Waals surface area (Å²) in [5.41, 5.74) is 7.46. The molecule has 1 aliphatic heterocycles. The fraction of sp³-hybridized carbons (Fsp3) is 0.300. The maximum absolute atomic E-state index is 12.5. The number of piperidine rings is 1. The first-order valence-corrected chi connectivity index (χ1v) is 9.06. The normalized spacial score (nSPS) is 15.6. The molecule has 1 heterocycles. The second-order valence-corrected chi connectivity index (χ2v) is 7.05. The van der Waals surface area contributed by atoms with Crippen LogP contribution in [0, 0.1) is 5.92 Å². The van der Waals surface area contributed by atoms with Crippen molar-refractivity contribution < 1.29 is 9.59 Å². The first-order valence-electron chi connectivity index (χ1n) is 8.69. The van der Waals surface area contributed by atoms with E-state index < -0.39 is 5.91 Å². The largest absolute Gasteiger partial charge is 0.366 e. The first kappa shape index (κ1) is 18.4. The van der Waals surface area contributed by atoms with Crippen molar-refractivity contribution in [2.24, 2.45) is 11.7 Å². The quantitative estimate of drug-likeness (QED) is 0.846. The number of hydrogen-bond donors (Lipinski definition) is 2. The molecule has 0 radical (unpaired) electrons. The van der Waals surface area contributed by atoms with Crippen LogP contribution in [-0.4, -0.2) is 29.8 Å². The van der Waals surface area contributed by atoms with Gasteiger partial charge < -0.3 is 11.1 Å². The number of nitrogens with zero attached hydrogens (tertiary/aromatic N) is 1. The van der Waals surface area contributed by atoms with Gasteiger partial charge in [-0.1, -0.05) is 29.8 Å². The molecule has 1 aliphatic rings. The first-order chi connectivity index (χ1) is 12.5. The molecule has 0 unspecified atom stereocenters. The lowest BCUT2D eigenvalue weighted by molar-refractivity contribution is -0.121. The third kappa shape index (κ3) is 4.84. The Morgan fingerprint density at radius 1 is 1.12 bits per heavy atom. The molecule has 3 N–H and O–H groups in total. The van der Waals surface area contributed by atoms with Gasteiger partial charge in [0.2, 0.25) is 11.8 Å². The Morgan fingerprint density at radius 3 is 2.54 bits per heavy atom. The van der Waals surface area contributed by atoms with Gasteiger partial charge in [0.05, 0.1) is 0 Å². The summed E-state index contributed by atoms with van der Waals surface area (Å²) in [6, 6.07) is 14.6. The van der Waals surface area contributed by atoms with Crippen LogP contribution in [0.2, 0.25) is 5.02 Å². The van der Waals surface area contributed by atoms with E-state index in [4.69, 9.17) is 17.3 Å². The van der Waals surface area contributed by atoms with E-state index >= 15 is 0 Å². The molecule has 6 heteroatoms. The summed E-state index contributed by atoms with van der Waals surface area (Å²) < 4.78 is 0. The van der Waals surface area contributed by atoms with E-state index in [1.54, 1.807) is 24.3 Å². The number of carbonyl (C=O) groups excluding carboxylic acids is 2. The number of halogens is 1. The highest BCUT2D eigenvalue weighted by Crippen LogP contribution is 2.22. The standard InChI is InChI=1S/C20H22ClN3O2/c21-17-5-1-3-14(11-17)13-24-9-7-15(8-10-24)20(26)23-18-6-2-4-16(12-18)19(22)25/h1-6,11-12,15H,7-10,13H2,(H2,22,25)(H,23,26). The minimum absolute atomic E-state index is 0.00553. The number of carbonyl (C=O) groups is 2. The van der Waals surface area contributed by atoms with Crippen LogP contribution in [0.3, 0.4) is 0 Å². The van der Waals surface area contributed by atoms with E-state index in [1.807, 2.05) is 18.2 Å². The molecule has 0 bridgehead atoms. The molecular formula is C20H22ClN3O2. The molecule has 0 aliphatic carbocycles. The van der Waals surface area contributed by atoms with Crippen molar-refractivity contribution in [3.8, 4) is 0 Å². The molecular weight excluding hydrogens is 350 g/mol. The highest BCUT2D eigenvalue weighted by atomic mass is 35.5. The fourth-order valence-corrected chi connectivity index (χ4v) is 3.45. The minimum atomic E-state index is -0.504. The Kier molecular flexibility index (Phi) is 5.91. The van der Waals surface area contributed by atoms with Crippen LogP contribution >= 0.6 is 11.6 Å². The Hall–Kier alpha value is -2.37. The summed E-state index contributed by atoms with van der Waals surface area (Å²) in [5.74, 6) is -0.535. The van der Waals surface area contributed by atoms with Crippen molar-refractivity contribution in [2.45, 2.75) is 19.4 Å². The van der Waals surface area contributed by atoms with E-state index in [1.165, 1.54) is 5.56 Å². The monoisotopic (exact) mass is 371 g/mol. The van der Waals surface area contributed by atoms with Gasteiger partial charge in [0.1, 0.15) is 0 Å². The van der Waals surface area contributed by atoms with E-state index in [0.29, 0.717) is 11.3 Å². The number of rotatable bonds is 5. The Labute approximate surface area is 158 Å². The van der Waals surface area contributed by atoms with Gasteiger partial charge in [0.25, 0.3) is 0 Å². The van der Waals surface area contributed by atoms with Gasteiger partial charge in [-0.15, -0.1) is 0 Å². The minimum Gasteiger partial charge on any atom is -0.366 e. The molecule has 3 rings (SSSR count). The topological polar surface area (TPSA) is 75.4 Å². The van der Waals surface area contributed by atoms with Crippen molar-refractivity contribution >= 4 is 29.1 Å². The smallest absolute Gasteiger partial charge is 0.248 e. The average molecular weight is 372 g/mol. The van der Waals surface area contributed by atoms with Crippen LogP contribution < -0.4 is 11.1 Å². The highest BCUT2D eigenvalue weighted by Gasteiger charge is 2.25. The second-order valence-electron chi connectivity index (χ2n) is 6.61. The molecule has 2 aromatic carbocycles. The summed E-state index contributed by atoms with van der Waals surface area (Å²) in [5, 5.41) is 3.64. The number of nitrogens with one attached hydrogen (secondary N) is 1. The predicted molar refractivity (Wildman–Crippen MR) is 103 cm³/mol. The van der Waals surface area contributed by atoms with Gasteiger partial charge in [-0.05, 0) is 61.8 Å². The zero-order chi connectivity index (χ0) is 18.5. The lowest BCUT2D eigenvalue weighted by Gasteiger charge is -2.31. The predicted octanol–water partition coefficient (Wildman–Crippen LogP) is 3.29. The third-order valence-corrected chi connectivity index (χ3v) is 4.90. The van der Waals surface area contributed by atoms with Gasteiger partial charge in [0, 0.05) is 28.7 Å². The number of nitrogens with two attached hydrogens (primary N) is 1. The van der Waals surface area contributed by atoms with E-state index in [9.17, 15) is 9.59 Å². The number of hydrogen-bond acceptors (Lipinski definition) is 3. The van der Waals surface area contributed by atoms with Gasteiger partial charge >= 0.3 is 0 Å². The molecule has 26 heavy (non-hydrogen) atoms. The number of amides is 2. The second kappa shape index (κ2) is 8.34. The van der Waals surface area contributed by atoms with Crippen molar-refractivity contribution in [1.82, 2.24) is 4.90 Å². The van der Waals surface area contributed by atoms with Crippen LogP contribution in [0.5, 0.6) is 0 Å². The molecule has 1 saturated heterocycles. The molecule has 0 atom stereocenters. The molecule has 0 aromatic heterocycles. The molecule has 2 aromatic rings. The van der Waals surface area contributed by atoms with E-state index in [2.05, 4.69) is 16.3 Å². The Balaban J connectivity index is 1.52. The molecule has 136 valence electrons. The van der Waals surface area contributed by atoms with E-state index in [-0.39, 0.29) is 11.8 Å². The maximum atomic E-state index is 12.5. The fourth-order valence-electron chi connectivity index (χ4n) is 3.24. The van der Waals surface area contributed by atoms with Crippen LogP contribution in [0.15, 0.2) is 48.5 Å². The summed E-state index contributed by atoms with van der Waals surface area (Å²) >= 11 is 6.03. The van der Waals surface area contributed by atoms with Gasteiger partial charge in [-0.3, -0.25) is 14.5 Å². The van der Waals surface area contributed by atoms with Crippen LogP contribution in [0.1, 0.15) is 28.8 Å². The molecule has 0 saturated carbocycles. The zero-order valence-electron chi connectivity index (χ0n) is 14.5. The molecule has 0 spiro atoms. The number of anilines is 1. The number of likely N-dealkylation sites (tertiary alicyclic amines) is 1. The van der Waals surface area contributed by atoms with Crippen LogP contribution in [0.25, 0.3) is 0 Å². The number of benzene rings is 2. The molecule has 5 nitrogen and oxygen atoms in total. The average Bonchev–Trinajstić information content (AvgIpc) is 2.62. The number of primary amides is 1. The van der Waals surface area contributed by atoms with Crippen LogP contribution in [0.4, 0.5) is 5.69 Å². The van der Waals surface area contributed by atoms with Gasteiger partial charge in [-0.25, -0.2) is 0 Å². The Bertz CT molecular complexity index is 801. The Morgan fingerprint density at radius 2 is 1.85 bits per heavy atom. The summed E-state index contributed by atoms with van der Waals surface area (Å²) in [6.45, 7) is 2.58. The van der Waals surface area contributed by atoms with Gasteiger partial charge in [0.15, 0.2) is 0 Å². The van der Waals surface area contributed by atoms with Crippen molar-refractivity contribution in [1.29, 1.82) is 0 Å². The van der Waals surface area contributed by atoms with Crippen molar-refractivity contribution in [3.05, 3.63) is 64.7 Å². The van der Waals surface area contributed by atoms with E-state index in [0.717, 1.165) is 37.5 Å². The SMILES string of the molecule is NC(=O)c1cccc(NC(=O)C2CCN(Cc3cccc(Cl)c3)CC2)c1. The molecule has 2 amide bonds. The van der Waals surface area contributed by atoms with Gasteiger partial charge in [-0.2, -0.15) is 0 Å². The summed E-state index contributed by atoms with van der Waals surface area (Å²) in [4.78, 5) is 26.1. The lowest BCUT2D eigenvalue weighted by atomic mass is 9.95.